The van der Waals surface area contributed by atoms with Gasteiger partial charge in [0, 0.05) is 10.6 Å². The summed E-state index contributed by atoms with van der Waals surface area (Å²) in [5, 5.41) is 9.92. The number of carbonyl (C=O) groups excluding carboxylic acids is 2. The Morgan fingerprint density at radius 1 is 1.25 bits per heavy atom. The Morgan fingerprint density at radius 2 is 2.00 bits per heavy atom. The fourth-order valence-corrected chi connectivity index (χ4v) is 2.03. The highest BCUT2D eigenvalue weighted by atomic mass is 35.5. The molecule has 0 atom stereocenters. The first kappa shape index (κ1) is 14.1. The first-order valence-electron chi connectivity index (χ1n) is 5.73. The van der Waals surface area contributed by atoms with Gasteiger partial charge in [0.25, 0.3) is 0 Å². The van der Waals surface area contributed by atoms with E-state index >= 15 is 0 Å². The molecule has 0 saturated heterocycles. The average Bonchev–Trinajstić information content (AvgIpc) is 2.47. The molecule has 2 aromatic carbocycles. The number of phenolic OH excluding ortho intramolecular Hbond substituents is 1. The van der Waals surface area contributed by atoms with E-state index in [1.54, 1.807) is 24.3 Å². The van der Waals surface area contributed by atoms with Crippen LogP contribution < -0.4 is 0 Å². The third-order valence-corrected chi connectivity index (χ3v) is 3.18. The van der Waals surface area contributed by atoms with E-state index in [1.165, 1.54) is 19.2 Å². The van der Waals surface area contributed by atoms with Gasteiger partial charge < -0.3 is 9.84 Å². The molecule has 4 nitrogen and oxygen atoms in total. The van der Waals surface area contributed by atoms with E-state index in [4.69, 9.17) is 11.6 Å². The minimum Gasteiger partial charge on any atom is -0.507 e. The molecular weight excluding hydrogens is 280 g/mol. The molecule has 102 valence electrons. The largest absolute Gasteiger partial charge is 0.507 e. The van der Waals surface area contributed by atoms with E-state index in [1.807, 2.05) is 0 Å². The van der Waals surface area contributed by atoms with Crippen LogP contribution in [0.3, 0.4) is 0 Å². The molecule has 0 amide bonds. The van der Waals surface area contributed by atoms with Gasteiger partial charge in [0.2, 0.25) is 0 Å². The van der Waals surface area contributed by atoms with E-state index < -0.39 is 5.97 Å². The van der Waals surface area contributed by atoms with Crippen molar-refractivity contribution in [2.45, 2.75) is 0 Å². The van der Waals surface area contributed by atoms with Crippen LogP contribution in [0.25, 0.3) is 11.1 Å². The zero-order chi connectivity index (χ0) is 14.7. The van der Waals surface area contributed by atoms with Crippen molar-refractivity contribution < 1.29 is 19.4 Å². The summed E-state index contributed by atoms with van der Waals surface area (Å²) in [7, 11) is 1.29. The lowest BCUT2D eigenvalue weighted by Gasteiger charge is -2.08. The molecule has 0 saturated carbocycles. The number of aromatic hydroxyl groups is 1. The number of hydrogen-bond acceptors (Lipinski definition) is 4. The fourth-order valence-electron chi connectivity index (χ4n) is 1.81. The molecule has 0 heterocycles. The smallest absolute Gasteiger partial charge is 0.337 e. The number of hydrogen-bond donors (Lipinski definition) is 1. The first-order valence-corrected chi connectivity index (χ1v) is 6.11. The van der Waals surface area contributed by atoms with Gasteiger partial charge in [0.1, 0.15) is 5.75 Å². The number of carbonyl (C=O) groups is 2. The summed E-state index contributed by atoms with van der Waals surface area (Å²) in [5.41, 5.74) is 1.72. The number of halogens is 1. The van der Waals surface area contributed by atoms with E-state index in [0.29, 0.717) is 28.0 Å². The summed E-state index contributed by atoms with van der Waals surface area (Å²) >= 11 is 6.11. The maximum atomic E-state index is 11.5. The molecule has 0 aliphatic carbocycles. The van der Waals surface area contributed by atoms with Crippen LogP contribution in [0.4, 0.5) is 0 Å². The van der Waals surface area contributed by atoms with Crippen LogP contribution in [0.15, 0.2) is 36.4 Å². The average molecular weight is 291 g/mol. The molecule has 1 N–H and O–H groups in total. The summed E-state index contributed by atoms with van der Waals surface area (Å²) in [5.74, 6) is -0.582. The van der Waals surface area contributed by atoms with Gasteiger partial charge in [0.15, 0.2) is 6.29 Å². The number of methoxy groups -OCH3 is 1. The highest BCUT2D eigenvalue weighted by Gasteiger charge is 2.12. The van der Waals surface area contributed by atoms with E-state index in [2.05, 4.69) is 4.74 Å². The molecular formula is C15H11ClO4. The predicted octanol–water partition coefficient (Wildman–Crippen LogP) is 3.31. The maximum absolute atomic E-state index is 11.5. The summed E-state index contributed by atoms with van der Waals surface area (Å²) < 4.78 is 4.65. The molecule has 0 unspecified atom stereocenters. The van der Waals surface area contributed by atoms with Crippen molar-refractivity contribution in [3.05, 3.63) is 52.5 Å². The van der Waals surface area contributed by atoms with E-state index in [0.717, 1.165) is 0 Å². The lowest BCUT2D eigenvalue weighted by atomic mass is 10.0. The molecule has 0 spiro atoms. The molecule has 20 heavy (non-hydrogen) atoms. The number of rotatable bonds is 3. The summed E-state index contributed by atoms with van der Waals surface area (Å²) in [4.78, 5) is 22.4. The SMILES string of the molecule is COC(=O)c1ccc(Cl)c(-c2ccc(O)c(C=O)c2)c1. The monoisotopic (exact) mass is 290 g/mol. The molecule has 0 bridgehead atoms. The van der Waals surface area contributed by atoms with Crippen molar-refractivity contribution in [1.82, 2.24) is 0 Å². The minimum absolute atomic E-state index is 0.107. The third-order valence-electron chi connectivity index (χ3n) is 2.85. The number of benzene rings is 2. The zero-order valence-corrected chi connectivity index (χ0v) is 11.3. The Balaban J connectivity index is 2.56. The van der Waals surface area contributed by atoms with Crippen LogP contribution in [0.1, 0.15) is 20.7 Å². The van der Waals surface area contributed by atoms with Crippen LogP contribution in [0, 0.1) is 0 Å². The summed E-state index contributed by atoms with van der Waals surface area (Å²) in [6.07, 6.45) is 0.552. The quantitative estimate of drug-likeness (QED) is 0.696. The second-order valence-electron chi connectivity index (χ2n) is 4.08. The molecule has 2 rings (SSSR count). The number of aldehydes is 1. The second-order valence-corrected chi connectivity index (χ2v) is 4.48. The molecule has 0 aliphatic heterocycles. The van der Waals surface area contributed by atoms with Gasteiger partial charge in [-0.15, -0.1) is 0 Å². The van der Waals surface area contributed by atoms with Crippen molar-refractivity contribution in [3.8, 4) is 16.9 Å². The summed E-state index contributed by atoms with van der Waals surface area (Å²) in [6, 6.07) is 9.24. The number of ether oxygens (including phenoxy) is 1. The standard InChI is InChI=1S/C15H11ClO4/c1-20-15(19)10-2-4-13(16)12(7-10)9-3-5-14(18)11(6-9)8-17/h2-8,18H,1H3. The van der Waals surface area contributed by atoms with Crippen LogP contribution in [-0.2, 0) is 4.74 Å². The molecule has 0 fully saturated rings. The van der Waals surface area contributed by atoms with Crippen molar-refractivity contribution in [2.24, 2.45) is 0 Å². The molecule has 5 heteroatoms. The van der Waals surface area contributed by atoms with E-state index in [-0.39, 0.29) is 11.3 Å². The van der Waals surface area contributed by atoms with Crippen molar-refractivity contribution in [1.29, 1.82) is 0 Å². The first-order chi connectivity index (χ1) is 9.56. The fraction of sp³-hybridized carbons (Fsp3) is 0.0667. The zero-order valence-electron chi connectivity index (χ0n) is 10.6. The van der Waals surface area contributed by atoms with Crippen LogP contribution >= 0.6 is 11.6 Å². The molecule has 0 radical (unpaired) electrons. The Kier molecular flexibility index (Phi) is 4.05. The van der Waals surface area contributed by atoms with Gasteiger partial charge in [-0.25, -0.2) is 4.79 Å². The number of esters is 1. The van der Waals surface area contributed by atoms with Gasteiger partial charge in [-0.2, -0.15) is 0 Å². The highest BCUT2D eigenvalue weighted by Crippen LogP contribution is 2.31. The van der Waals surface area contributed by atoms with Crippen molar-refractivity contribution >= 4 is 23.9 Å². The molecule has 0 aromatic heterocycles. The van der Waals surface area contributed by atoms with Gasteiger partial charge in [-0.3, -0.25) is 4.79 Å². The third kappa shape index (κ3) is 2.65. The second kappa shape index (κ2) is 5.75. The summed E-state index contributed by atoms with van der Waals surface area (Å²) in [6.45, 7) is 0. The molecule has 0 aliphatic rings. The normalized spacial score (nSPS) is 10.1. The van der Waals surface area contributed by atoms with Crippen molar-refractivity contribution in [2.75, 3.05) is 7.11 Å². The highest BCUT2D eigenvalue weighted by molar-refractivity contribution is 6.33. The van der Waals surface area contributed by atoms with Gasteiger partial charge >= 0.3 is 5.97 Å². The lowest BCUT2D eigenvalue weighted by Crippen LogP contribution is -2.01. The van der Waals surface area contributed by atoms with Gasteiger partial charge in [-0.05, 0) is 35.9 Å². The van der Waals surface area contributed by atoms with Crippen LogP contribution in [0.5, 0.6) is 5.75 Å². The Hall–Kier alpha value is -2.33. The number of phenols is 1. The van der Waals surface area contributed by atoms with Gasteiger partial charge in [0.05, 0.1) is 18.2 Å². The van der Waals surface area contributed by atoms with Crippen molar-refractivity contribution in [3.63, 3.8) is 0 Å². The van der Waals surface area contributed by atoms with E-state index in [9.17, 15) is 14.7 Å². The van der Waals surface area contributed by atoms with Crippen LogP contribution in [-0.4, -0.2) is 24.5 Å². The molecule has 2 aromatic rings. The predicted molar refractivity (Wildman–Crippen MR) is 75.3 cm³/mol. The topological polar surface area (TPSA) is 63.6 Å². The minimum atomic E-state index is -0.475. The Bertz CT molecular complexity index is 680. The Morgan fingerprint density at radius 3 is 2.65 bits per heavy atom. The Labute approximate surface area is 120 Å². The van der Waals surface area contributed by atoms with Crippen LogP contribution in [0.2, 0.25) is 5.02 Å². The van der Waals surface area contributed by atoms with Gasteiger partial charge in [-0.1, -0.05) is 17.7 Å². The lowest BCUT2D eigenvalue weighted by molar-refractivity contribution is 0.0600. The maximum Gasteiger partial charge on any atom is 0.337 e.